The molecule has 0 spiro atoms. The third-order valence-corrected chi connectivity index (χ3v) is 3.12. The lowest BCUT2D eigenvalue weighted by atomic mass is 10.2. The molecule has 3 nitrogen and oxygen atoms in total. The van der Waals surface area contributed by atoms with Gasteiger partial charge < -0.3 is 10.4 Å². The Morgan fingerprint density at radius 2 is 2.31 bits per heavy atom. The number of hydrogen-bond acceptors (Lipinski definition) is 2. The SMILES string of the molecule is CC[C@H](CO)NC(=O)c1ccc(Cl)cc1Br. The molecule has 0 radical (unpaired) electrons. The number of halogens is 2. The predicted octanol–water partition coefficient (Wildman–Crippen LogP) is 2.60. The van der Waals surface area contributed by atoms with E-state index >= 15 is 0 Å². The lowest BCUT2D eigenvalue weighted by Crippen LogP contribution is -2.37. The number of rotatable bonds is 4. The second-order valence-electron chi connectivity index (χ2n) is 3.39. The highest BCUT2D eigenvalue weighted by Crippen LogP contribution is 2.21. The Labute approximate surface area is 108 Å². The lowest BCUT2D eigenvalue weighted by Gasteiger charge is -2.14. The monoisotopic (exact) mass is 305 g/mol. The third-order valence-electron chi connectivity index (χ3n) is 2.22. The van der Waals surface area contributed by atoms with Crippen molar-refractivity contribution in [1.82, 2.24) is 5.32 Å². The van der Waals surface area contributed by atoms with Crippen LogP contribution in [0.3, 0.4) is 0 Å². The van der Waals surface area contributed by atoms with Crippen LogP contribution in [0.1, 0.15) is 23.7 Å². The van der Waals surface area contributed by atoms with Gasteiger partial charge in [0.15, 0.2) is 0 Å². The van der Waals surface area contributed by atoms with Crippen molar-refractivity contribution in [2.24, 2.45) is 0 Å². The number of hydrogen-bond donors (Lipinski definition) is 2. The van der Waals surface area contributed by atoms with Gasteiger partial charge >= 0.3 is 0 Å². The van der Waals surface area contributed by atoms with E-state index in [1.165, 1.54) is 0 Å². The number of carbonyl (C=O) groups excluding carboxylic acids is 1. The highest BCUT2D eigenvalue weighted by atomic mass is 79.9. The lowest BCUT2D eigenvalue weighted by molar-refractivity contribution is 0.0914. The normalized spacial score (nSPS) is 12.2. The maximum absolute atomic E-state index is 11.8. The zero-order valence-electron chi connectivity index (χ0n) is 8.84. The molecule has 0 bridgehead atoms. The molecule has 2 N–H and O–H groups in total. The van der Waals surface area contributed by atoms with Gasteiger partial charge in [-0.25, -0.2) is 0 Å². The van der Waals surface area contributed by atoms with Crippen molar-refractivity contribution in [3.8, 4) is 0 Å². The van der Waals surface area contributed by atoms with Crippen molar-refractivity contribution < 1.29 is 9.90 Å². The molecule has 1 amide bonds. The Morgan fingerprint density at radius 3 is 2.81 bits per heavy atom. The molecule has 0 saturated heterocycles. The van der Waals surface area contributed by atoms with Crippen LogP contribution in [0.5, 0.6) is 0 Å². The van der Waals surface area contributed by atoms with Gasteiger partial charge in [0, 0.05) is 9.50 Å². The maximum Gasteiger partial charge on any atom is 0.252 e. The van der Waals surface area contributed by atoms with E-state index in [4.69, 9.17) is 16.7 Å². The Hall–Kier alpha value is -0.580. The van der Waals surface area contributed by atoms with E-state index in [0.717, 1.165) is 0 Å². The summed E-state index contributed by atoms with van der Waals surface area (Å²) in [6.45, 7) is 1.84. The van der Waals surface area contributed by atoms with Crippen molar-refractivity contribution in [3.63, 3.8) is 0 Å². The van der Waals surface area contributed by atoms with Crippen molar-refractivity contribution >= 4 is 33.4 Å². The third kappa shape index (κ3) is 3.47. The fourth-order valence-corrected chi connectivity index (χ4v) is 2.08. The quantitative estimate of drug-likeness (QED) is 0.898. The molecule has 1 aromatic rings. The highest BCUT2D eigenvalue weighted by Gasteiger charge is 2.13. The highest BCUT2D eigenvalue weighted by molar-refractivity contribution is 9.10. The standard InChI is InChI=1S/C11H13BrClNO2/c1-2-8(6-15)14-11(16)9-4-3-7(13)5-10(9)12/h3-5,8,15H,2,6H2,1H3,(H,14,16)/t8-/m1/s1. The Balaban J connectivity index is 2.80. The average molecular weight is 307 g/mol. The molecular weight excluding hydrogens is 293 g/mol. The van der Waals surface area contributed by atoms with Crippen LogP contribution in [0.2, 0.25) is 5.02 Å². The summed E-state index contributed by atoms with van der Waals surface area (Å²) in [6.07, 6.45) is 0.688. The fraction of sp³-hybridized carbons (Fsp3) is 0.364. The smallest absolute Gasteiger partial charge is 0.252 e. The molecule has 0 aliphatic heterocycles. The molecule has 0 aliphatic carbocycles. The molecule has 1 atom stereocenters. The Kier molecular flexibility index (Phi) is 5.25. The van der Waals surface area contributed by atoms with Gasteiger partial charge in [0.2, 0.25) is 0 Å². The van der Waals surface area contributed by atoms with Crippen LogP contribution in [-0.4, -0.2) is 23.7 Å². The zero-order chi connectivity index (χ0) is 12.1. The van der Waals surface area contributed by atoms with Crippen LogP contribution in [0.25, 0.3) is 0 Å². The fourth-order valence-electron chi connectivity index (χ4n) is 1.21. The Bertz CT molecular complexity index is 380. The second-order valence-corrected chi connectivity index (χ2v) is 4.68. The summed E-state index contributed by atoms with van der Waals surface area (Å²) < 4.78 is 0.644. The first-order valence-corrected chi connectivity index (χ1v) is 6.12. The minimum Gasteiger partial charge on any atom is -0.394 e. The van der Waals surface area contributed by atoms with Crippen LogP contribution in [0.4, 0.5) is 0 Å². The van der Waals surface area contributed by atoms with Crippen molar-refractivity contribution in [1.29, 1.82) is 0 Å². The minimum atomic E-state index is -0.218. The molecular formula is C11H13BrClNO2. The number of benzene rings is 1. The second kappa shape index (κ2) is 6.23. The van der Waals surface area contributed by atoms with E-state index < -0.39 is 0 Å². The molecule has 0 fully saturated rings. The molecule has 0 aromatic heterocycles. The van der Waals surface area contributed by atoms with Crippen LogP contribution in [-0.2, 0) is 0 Å². The van der Waals surface area contributed by atoms with E-state index in [-0.39, 0.29) is 18.6 Å². The van der Waals surface area contributed by atoms with Crippen LogP contribution >= 0.6 is 27.5 Å². The van der Waals surface area contributed by atoms with Crippen LogP contribution in [0.15, 0.2) is 22.7 Å². The first-order valence-electron chi connectivity index (χ1n) is 4.95. The molecule has 0 unspecified atom stereocenters. The van der Waals surface area contributed by atoms with Crippen LogP contribution < -0.4 is 5.32 Å². The summed E-state index contributed by atoms with van der Waals surface area (Å²) in [5, 5.41) is 12.3. The summed E-state index contributed by atoms with van der Waals surface area (Å²) in [6, 6.07) is 4.75. The van der Waals surface area contributed by atoms with Gasteiger partial charge in [-0.15, -0.1) is 0 Å². The van der Waals surface area contributed by atoms with Gasteiger partial charge in [-0.2, -0.15) is 0 Å². The van der Waals surface area contributed by atoms with Crippen molar-refractivity contribution in [2.45, 2.75) is 19.4 Å². The molecule has 5 heteroatoms. The predicted molar refractivity (Wildman–Crippen MR) is 67.8 cm³/mol. The first kappa shape index (κ1) is 13.5. The molecule has 88 valence electrons. The van der Waals surface area contributed by atoms with E-state index in [9.17, 15) is 4.79 Å². The largest absolute Gasteiger partial charge is 0.394 e. The van der Waals surface area contributed by atoms with Gasteiger partial charge in [-0.3, -0.25) is 4.79 Å². The van der Waals surface area contributed by atoms with Gasteiger partial charge in [0.25, 0.3) is 5.91 Å². The van der Waals surface area contributed by atoms with Crippen molar-refractivity contribution in [3.05, 3.63) is 33.3 Å². The maximum atomic E-state index is 11.8. The number of aliphatic hydroxyl groups excluding tert-OH is 1. The summed E-state index contributed by atoms with van der Waals surface area (Å²) in [5.41, 5.74) is 0.510. The van der Waals surface area contributed by atoms with Gasteiger partial charge in [0.05, 0.1) is 18.2 Å². The zero-order valence-corrected chi connectivity index (χ0v) is 11.2. The van der Waals surface area contributed by atoms with E-state index in [1.54, 1.807) is 18.2 Å². The molecule has 1 rings (SSSR count). The van der Waals surface area contributed by atoms with Crippen LogP contribution in [0, 0.1) is 0 Å². The minimum absolute atomic E-state index is 0.0621. The molecule has 0 heterocycles. The van der Waals surface area contributed by atoms with Gasteiger partial charge in [-0.1, -0.05) is 18.5 Å². The number of carbonyl (C=O) groups is 1. The summed E-state index contributed by atoms with van der Waals surface area (Å²) in [5.74, 6) is -0.218. The molecule has 1 aromatic carbocycles. The number of aliphatic hydroxyl groups is 1. The first-order chi connectivity index (χ1) is 7.58. The van der Waals surface area contributed by atoms with Gasteiger partial charge in [-0.05, 0) is 40.5 Å². The molecule has 0 saturated carbocycles. The summed E-state index contributed by atoms with van der Waals surface area (Å²) in [4.78, 5) is 11.8. The summed E-state index contributed by atoms with van der Waals surface area (Å²) in [7, 11) is 0. The van der Waals surface area contributed by atoms with E-state index in [2.05, 4.69) is 21.2 Å². The van der Waals surface area contributed by atoms with Gasteiger partial charge in [0.1, 0.15) is 0 Å². The molecule has 16 heavy (non-hydrogen) atoms. The van der Waals surface area contributed by atoms with E-state index in [0.29, 0.717) is 21.5 Å². The summed E-state index contributed by atoms with van der Waals surface area (Å²) >= 11 is 9.05. The topological polar surface area (TPSA) is 49.3 Å². The van der Waals surface area contributed by atoms with Crippen molar-refractivity contribution in [2.75, 3.05) is 6.61 Å². The Morgan fingerprint density at radius 1 is 1.62 bits per heavy atom. The molecule has 0 aliphatic rings. The van der Waals surface area contributed by atoms with E-state index in [1.807, 2.05) is 6.92 Å². The number of amides is 1. The average Bonchev–Trinajstić information content (AvgIpc) is 2.25. The number of nitrogens with one attached hydrogen (secondary N) is 1.